The fourth-order valence-corrected chi connectivity index (χ4v) is 1.87. The van der Waals surface area contributed by atoms with Gasteiger partial charge in [-0.15, -0.1) is 5.10 Å². The maximum absolute atomic E-state index is 12.3. The molecule has 2 aromatic rings. The number of nitrogens with zero attached hydrogens (tertiary/aromatic N) is 3. The second kappa shape index (κ2) is 3.52. The highest BCUT2D eigenvalue weighted by Gasteiger charge is 2.46. The molecule has 0 spiro atoms. The van der Waals surface area contributed by atoms with Crippen LogP contribution in [0.15, 0.2) is 36.5 Å². The first-order valence-corrected chi connectivity index (χ1v) is 5.72. The van der Waals surface area contributed by atoms with E-state index in [-0.39, 0.29) is 11.2 Å². The highest BCUT2D eigenvalue weighted by atomic mass is 16.1. The quantitative estimate of drug-likeness (QED) is 0.755. The molecule has 0 saturated heterocycles. The summed E-state index contributed by atoms with van der Waals surface area (Å²) in [5.41, 5.74) is 1.27. The predicted molar refractivity (Wildman–Crippen MR) is 63.0 cm³/mol. The van der Waals surface area contributed by atoms with Crippen LogP contribution in [0.4, 0.5) is 0 Å². The van der Waals surface area contributed by atoms with Gasteiger partial charge in [-0.25, -0.2) is 4.68 Å². The summed E-state index contributed by atoms with van der Waals surface area (Å²) >= 11 is 0. The van der Waals surface area contributed by atoms with Crippen LogP contribution < -0.4 is 0 Å². The van der Waals surface area contributed by atoms with E-state index in [1.165, 1.54) is 0 Å². The Kier molecular flexibility index (Phi) is 2.11. The first-order valence-electron chi connectivity index (χ1n) is 5.72. The van der Waals surface area contributed by atoms with Crippen molar-refractivity contribution in [3.05, 3.63) is 42.2 Å². The molecular weight excluding hydrogens is 214 g/mol. The number of ketones is 1. The Balaban J connectivity index is 2.03. The maximum Gasteiger partial charge on any atom is 0.188 e. The molecule has 0 amide bonds. The lowest BCUT2D eigenvalue weighted by Crippen LogP contribution is -2.16. The van der Waals surface area contributed by atoms with Crippen LogP contribution in [0.5, 0.6) is 0 Å². The zero-order valence-corrected chi connectivity index (χ0v) is 9.63. The van der Waals surface area contributed by atoms with Crippen LogP contribution in [0, 0.1) is 5.41 Å². The van der Waals surface area contributed by atoms with Crippen molar-refractivity contribution in [2.75, 3.05) is 0 Å². The summed E-state index contributed by atoms with van der Waals surface area (Å²) in [6.45, 7) is 2.00. The van der Waals surface area contributed by atoms with Crippen LogP contribution >= 0.6 is 0 Å². The molecule has 1 fully saturated rings. The Labute approximate surface area is 99.3 Å². The van der Waals surface area contributed by atoms with Crippen molar-refractivity contribution in [2.45, 2.75) is 19.8 Å². The Morgan fingerprint density at radius 2 is 2.00 bits per heavy atom. The average molecular weight is 227 g/mol. The zero-order valence-electron chi connectivity index (χ0n) is 9.63. The Hall–Kier alpha value is -1.97. The number of benzene rings is 1. The summed E-state index contributed by atoms with van der Waals surface area (Å²) in [6, 6.07) is 9.61. The Bertz CT molecular complexity index is 555. The molecule has 0 bridgehead atoms. The fourth-order valence-electron chi connectivity index (χ4n) is 1.87. The Morgan fingerprint density at radius 1 is 1.29 bits per heavy atom. The van der Waals surface area contributed by atoms with Crippen molar-refractivity contribution in [1.82, 2.24) is 15.0 Å². The van der Waals surface area contributed by atoms with Crippen LogP contribution in [0.3, 0.4) is 0 Å². The molecule has 1 aliphatic rings. The van der Waals surface area contributed by atoms with Crippen molar-refractivity contribution < 1.29 is 4.79 Å². The van der Waals surface area contributed by atoms with E-state index in [4.69, 9.17) is 0 Å². The monoisotopic (exact) mass is 227 g/mol. The molecule has 0 radical (unpaired) electrons. The topological polar surface area (TPSA) is 47.8 Å². The smallest absolute Gasteiger partial charge is 0.188 e. The highest BCUT2D eigenvalue weighted by Crippen LogP contribution is 2.47. The normalized spacial score (nSPS) is 16.8. The molecule has 1 saturated carbocycles. The van der Waals surface area contributed by atoms with Gasteiger partial charge in [-0.05, 0) is 25.0 Å². The molecule has 1 heterocycles. The van der Waals surface area contributed by atoms with Crippen LogP contribution in [0.25, 0.3) is 5.69 Å². The second-order valence-corrected chi connectivity index (χ2v) is 4.76. The van der Waals surface area contributed by atoms with Gasteiger partial charge < -0.3 is 0 Å². The molecule has 1 aromatic carbocycles. The van der Waals surface area contributed by atoms with E-state index in [9.17, 15) is 4.79 Å². The minimum atomic E-state index is -0.186. The number of para-hydroxylation sites is 1. The van der Waals surface area contributed by atoms with E-state index < -0.39 is 0 Å². The molecule has 0 unspecified atom stereocenters. The zero-order chi connectivity index (χ0) is 11.9. The van der Waals surface area contributed by atoms with Gasteiger partial charge in [0.25, 0.3) is 0 Å². The molecule has 17 heavy (non-hydrogen) atoms. The van der Waals surface area contributed by atoms with Gasteiger partial charge in [0.05, 0.1) is 11.9 Å². The molecule has 4 heteroatoms. The van der Waals surface area contributed by atoms with E-state index in [2.05, 4.69) is 10.3 Å². The number of carbonyl (C=O) groups is 1. The Morgan fingerprint density at radius 3 is 2.65 bits per heavy atom. The van der Waals surface area contributed by atoms with Gasteiger partial charge >= 0.3 is 0 Å². The summed E-state index contributed by atoms with van der Waals surface area (Å²) in [5.74, 6) is 0.145. The van der Waals surface area contributed by atoms with E-state index >= 15 is 0 Å². The van der Waals surface area contributed by atoms with Crippen molar-refractivity contribution in [3.63, 3.8) is 0 Å². The second-order valence-electron chi connectivity index (χ2n) is 4.76. The van der Waals surface area contributed by atoms with Gasteiger partial charge in [-0.1, -0.05) is 30.3 Å². The first-order chi connectivity index (χ1) is 8.21. The summed E-state index contributed by atoms with van der Waals surface area (Å²) in [5, 5.41) is 7.85. The van der Waals surface area contributed by atoms with E-state index in [1.54, 1.807) is 10.9 Å². The first kappa shape index (κ1) is 10.2. The van der Waals surface area contributed by atoms with Gasteiger partial charge in [-0.2, -0.15) is 0 Å². The van der Waals surface area contributed by atoms with Crippen LogP contribution in [-0.4, -0.2) is 20.8 Å². The van der Waals surface area contributed by atoms with Gasteiger partial charge in [0.15, 0.2) is 5.78 Å². The van der Waals surface area contributed by atoms with Gasteiger partial charge in [0, 0.05) is 5.41 Å². The minimum Gasteiger partial charge on any atom is -0.292 e. The largest absolute Gasteiger partial charge is 0.292 e. The molecular formula is C13H13N3O. The molecule has 86 valence electrons. The minimum absolute atomic E-state index is 0.145. The maximum atomic E-state index is 12.3. The summed E-state index contributed by atoms with van der Waals surface area (Å²) in [6.07, 6.45) is 3.48. The van der Waals surface area contributed by atoms with Gasteiger partial charge in [0.2, 0.25) is 0 Å². The highest BCUT2D eigenvalue weighted by molar-refractivity contribution is 6.00. The van der Waals surface area contributed by atoms with Crippen molar-refractivity contribution >= 4 is 5.78 Å². The van der Waals surface area contributed by atoms with Gasteiger partial charge in [0.1, 0.15) is 5.69 Å². The molecule has 0 atom stereocenters. The summed E-state index contributed by atoms with van der Waals surface area (Å²) in [7, 11) is 0. The van der Waals surface area contributed by atoms with Crippen LogP contribution in [-0.2, 0) is 0 Å². The average Bonchev–Trinajstić information content (AvgIpc) is 2.95. The number of aromatic nitrogens is 3. The summed E-state index contributed by atoms with van der Waals surface area (Å²) in [4.78, 5) is 12.3. The number of hydrogen-bond donors (Lipinski definition) is 0. The van der Waals surface area contributed by atoms with Crippen molar-refractivity contribution in [1.29, 1.82) is 0 Å². The number of rotatable bonds is 3. The van der Waals surface area contributed by atoms with Crippen molar-refractivity contribution in [3.8, 4) is 5.69 Å². The van der Waals surface area contributed by atoms with Crippen molar-refractivity contribution in [2.24, 2.45) is 5.41 Å². The molecule has 1 aromatic heterocycles. The lowest BCUT2D eigenvalue weighted by molar-refractivity contribution is 0.0904. The molecule has 4 nitrogen and oxygen atoms in total. The molecule has 0 N–H and O–H groups in total. The summed E-state index contributed by atoms with van der Waals surface area (Å²) < 4.78 is 1.62. The third kappa shape index (κ3) is 1.65. The lowest BCUT2D eigenvalue weighted by atomic mass is 10.0. The number of Topliss-reactive ketones (excluding diaryl/α,β-unsaturated/α-hetero) is 1. The predicted octanol–water partition coefficient (Wildman–Crippen LogP) is 2.25. The molecule has 0 aliphatic heterocycles. The standard InChI is InChI=1S/C13H13N3O/c1-13(7-8-13)12(17)11-9-14-15-16(11)10-5-3-2-4-6-10/h2-6,9H,7-8H2,1H3. The fraction of sp³-hybridized carbons (Fsp3) is 0.308. The van der Waals surface area contributed by atoms with E-state index in [0.29, 0.717) is 5.69 Å². The van der Waals surface area contributed by atoms with Crippen LogP contribution in [0.1, 0.15) is 30.3 Å². The molecule has 3 rings (SSSR count). The lowest BCUT2D eigenvalue weighted by Gasteiger charge is -2.08. The van der Waals surface area contributed by atoms with Crippen LogP contribution in [0.2, 0.25) is 0 Å². The third-order valence-corrected chi connectivity index (χ3v) is 3.33. The van der Waals surface area contributed by atoms with Gasteiger partial charge in [-0.3, -0.25) is 4.79 Å². The molecule has 1 aliphatic carbocycles. The van der Waals surface area contributed by atoms with E-state index in [1.807, 2.05) is 37.3 Å². The number of hydrogen-bond acceptors (Lipinski definition) is 3. The van der Waals surface area contributed by atoms with E-state index in [0.717, 1.165) is 18.5 Å². The number of carbonyl (C=O) groups excluding carboxylic acids is 1. The third-order valence-electron chi connectivity index (χ3n) is 3.33. The SMILES string of the molecule is CC1(C(=O)c2cnnn2-c2ccccc2)CC1.